The number of nitrogens with zero attached hydrogens (tertiary/aromatic N) is 3. The van der Waals surface area contributed by atoms with Gasteiger partial charge in [-0.15, -0.1) is 0 Å². The standard InChI is InChI=1S/C10H18N4/c1-5-14(7(2)3)9-6-8(4)12-10(11)13-9/h6-7H,5H2,1-4H3,(H2,11,12,13). The summed E-state index contributed by atoms with van der Waals surface area (Å²) >= 11 is 0. The first kappa shape index (κ1) is 10.8. The van der Waals surface area contributed by atoms with Gasteiger partial charge in [-0.2, -0.15) is 4.98 Å². The van der Waals surface area contributed by atoms with Crippen LogP contribution in [0.1, 0.15) is 26.5 Å². The Labute approximate surface area is 85.2 Å². The first-order valence-corrected chi connectivity index (χ1v) is 4.92. The molecule has 0 aliphatic heterocycles. The summed E-state index contributed by atoms with van der Waals surface area (Å²) in [7, 11) is 0. The lowest BCUT2D eigenvalue weighted by Gasteiger charge is -2.26. The molecule has 0 aromatic carbocycles. The van der Waals surface area contributed by atoms with Crippen molar-refractivity contribution in [3.63, 3.8) is 0 Å². The lowest BCUT2D eigenvalue weighted by molar-refractivity contribution is 0.692. The van der Waals surface area contributed by atoms with Gasteiger partial charge in [-0.05, 0) is 27.7 Å². The molecule has 0 bridgehead atoms. The quantitative estimate of drug-likeness (QED) is 0.794. The third-order valence-corrected chi connectivity index (χ3v) is 2.12. The lowest BCUT2D eigenvalue weighted by atomic mass is 10.3. The SMILES string of the molecule is CCN(c1cc(C)nc(N)n1)C(C)C. The fourth-order valence-electron chi connectivity index (χ4n) is 1.51. The molecule has 1 heterocycles. The van der Waals surface area contributed by atoms with E-state index in [0.29, 0.717) is 12.0 Å². The maximum absolute atomic E-state index is 5.60. The van der Waals surface area contributed by atoms with Gasteiger partial charge in [0.2, 0.25) is 5.95 Å². The van der Waals surface area contributed by atoms with Gasteiger partial charge in [-0.25, -0.2) is 4.98 Å². The normalized spacial score (nSPS) is 10.6. The molecule has 14 heavy (non-hydrogen) atoms. The summed E-state index contributed by atoms with van der Waals surface area (Å²) in [5.41, 5.74) is 6.51. The van der Waals surface area contributed by atoms with Gasteiger partial charge in [-0.3, -0.25) is 0 Å². The molecule has 1 rings (SSSR count). The molecular formula is C10H18N4. The van der Waals surface area contributed by atoms with E-state index in [1.165, 1.54) is 0 Å². The Balaban J connectivity index is 3.04. The highest BCUT2D eigenvalue weighted by molar-refractivity contribution is 5.43. The summed E-state index contributed by atoms with van der Waals surface area (Å²) in [5, 5.41) is 0. The number of nitrogens with two attached hydrogens (primary N) is 1. The number of rotatable bonds is 3. The third-order valence-electron chi connectivity index (χ3n) is 2.12. The Kier molecular flexibility index (Phi) is 3.28. The zero-order valence-corrected chi connectivity index (χ0v) is 9.28. The first-order chi connectivity index (χ1) is 6.54. The van der Waals surface area contributed by atoms with Crippen LogP contribution in [0.4, 0.5) is 11.8 Å². The van der Waals surface area contributed by atoms with Crippen LogP contribution in [0.15, 0.2) is 6.07 Å². The highest BCUT2D eigenvalue weighted by atomic mass is 15.2. The molecule has 0 radical (unpaired) electrons. The van der Waals surface area contributed by atoms with Crippen LogP contribution < -0.4 is 10.6 Å². The molecule has 1 aromatic rings. The van der Waals surface area contributed by atoms with Crippen molar-refractivity contribution >= 4 is 11.8 Å². The Hall–Kier alpha value is -1.32. The zero-order valence-electron chi connectivity index (χ0n) is 9.28. The summed E-state index contributed by atoms with van der Waals surface area (Å²) in [6.07, 6.45) is 0. The molecule has 0 unspecified atom stereocenters. The topological polar surface area (TPSA) is 55.0 Å². The molecule has 2 N–H and O–H groups in total. The number of aryl methyl sites for hydroxylation is 1. The molecule has 0 saturated heterocycles. The van der Waals surface area contributed by atoms with Crippen LogP contribution in [0, 0.1) is 6.92 Å². The predicted octanol–water partition coefficient (Wildman–Crippen LogP) is 1.60. The second kappa shape index (κ2) is 4.26. The monoisotopic (exact) mass is 194 g/mol. The molecule has 0 aliphatic carbocycles. The number of aromatic nitrogens is 2. The van der Waals surface area contributed by atoms with Crippen molar-refractivity contribution in [2.75, 3.05) is 17.2 Å². The van der Waals surface area contributed by atoms with E-state index in [0.717, 1.165) is 18.1 Å². The van der Waals surface area contributed by atoms with Crippen molar-refractivity contribution in [1.29, 1.82) is 0 Å². The number of hydrogen-bond donors (Lipinski definition) is 1. The lowest BCUT2D eigenvalue weighted by Crippen LogP contribution is -2.31. The number of nitrogen functional groups attached to an aromatic ring is 1. The van der Waals surface area contributed by atoms with Gasteiger partial charge in [0.1, 0.15) is 5.82 Å². The molecule has 0 atom stereocenters. The van der Waals surface area contributed by atoms with Crippen LogP contribution in [0.25, 0.3) is 0 Å². The van der Waals surface area contributed by atoms with E-state index in [-0.39, 0.29) is 0 Å². The van der Waals surface area contributed by atoms with E-state index >= 15 is 0 Å². The summed E-state index contributed by atoms with van der Waals surface area (Å²) in [6.45, 7) is 9.23. The van der Waals surface area contributed by atoms with E-state index in [1.54, 1.807) is 0 Å². The molecule has 0 spiro atoms. The average Bonchev–Trinajstić information content (AvgIpc) is 2.02. The smallest absolute Gasteiger partial charge is 0.222 e. The van der Waals surface area contributed by atoms with Gasteiger partial charge in [0.05, 0.1) is 0 Å². The summed E-state index contributed by atoms with van der Waals surface area (Å²) in [5.74, 6) is 1.26. The van der Waals surface area contributed by atoms with E-state index in [1.807, 2.05) is 13.0 Å². The van der Waals surface area contributed by atoms with Gasteiger partial charge in [0.15, 0.2) is 0 Å². The van der Waals surface area contributed by atoms with Gasteiger partial charge >= 0.3 is 0 Å². The maximum atomic E-state index is 5.60. The number of hydrogen-bond acceptors (Lipinski definition) is 4. The Morgan fingerprint density at radius 1 is 1.43 bits per heavy atom. The van der Waals surface area contributed by atoms with Crippen LogP contribution in [-0.2, 0) is 0 Å². The van der Waals surface area contributed by atoms with Crippen LogP contribution in [0.3, 0.4) is 0 Å². The van der Waals surface area contributed by atoms with Gasteiger partial charge in [0.25, 0.3) is 0 Å². The minimum absolute atomic E-state index is 0.346. The van der Waals surface area contributed by atoms with Crippen LogP contribution in [0.5, 0.6) is 0 Å². The Morgan fingerprint density at radius 3 is 2.50 bits per heavy atom. The Morgan fingerprint density at radius 2 is 2.07 bits per heavy atom. The molecule has 1 aromatic heterocycles. The van der Waals surface area contributed by atoms with Gasteiger partial charge < -0.3 is 10.6 Å². The molecule has 4 nitrogen and oxygen atoms in total. The summed E-state index contributed by atoms with van der Waals surface area (Å²) < 4.78 is 0. The van der Waals surface area contributed by atoms with Crippen LogP contribution in [-0.4, -0.2) is 22.6 Å². The summed E-state index contributed by atoms with van der Waals surface area (Å²) in [4.78, 5) is 10.5. The van der Waals surface area contributed by atoms with E-state index in [2.05, 4.69) is 35.6 Å². The molecule has 0 amide bonds. The second-order valence-electron chi connectivity index (χ2n) is 3.61. The fourth-order valence-corrected chi connectivity index (χ4v) is 1.51. The second-order valence-corrected chi connectivity index (χ2v) is 3.61. The molecule has 0 aliphatic rings. The molecule has 4 heteroatoms. The highest BCUT2D eigenvalue weighted by Crippen LogP contribution is 2.15. The fraction of sp³-hybridized carbons (Fsp3) is 0.600. The van der Waals surface area contributed by atoms with Crippen LogP contribution >= 0.6 is 0 Å². The largest absolute Gasteiger partial charge is 0.368 e. The maximum Gasteiger partial charge on any atom is 0.222 e. The van der Waals surface area contributed by atoms with E-state index in [4.69, 9.17) is 5.73 Å². The van der Waals surface area contributed by atoms with Crippen molar-refractivity contribution < 1.29 is 0 Å². The van der Waals surface area contributed by atoms with Crippen molar-refractivity contribution in [2.45, 2.75) is 33.7 Å². The Bertz CT molecular complexity index is 289. The summed E-state index contributed by atoms with van der Waals surface area (Å²) in [6, 6.07) is 2.38. The third kappa shape index (κ3) is 2.34. The molecular weight excluding hydrogens is 176 g/mol. The highest BCUT2D eigenvalue weighted by Gasteiger charge is 2.10. The molecule has 78 valence electrons. The molecule has 0 fully saturated rings. The van der Waals surface area contributed by atoms with Gasteiger partial charge in [0, 0.05) is 24.3 Å². The minimum Gasteiger partial charge on any atom is -0.368 e. The average molecular weight is 194 g/mol. The van der Waals surface area contributed by atoms with Gasteiger partial charge in [-0.1, -0.05) is 0 Å². The number of anilines is 2. The van der Waals surface area contributed by atoms with Crippen molar-refractivity contribution in [3.8, 4) is 0 Å². The zero-order chi connectivity index (χ0) is 10.7. The van der Waals surface area contributed by atoms with Crippen molar-refractivity contribution in [3.05, 3.63) is 11.8 Å². The minimum atomic E-state index is 0.346. The first-order valence-electron chi connectivity index (χ1n) is 4.92. The van der Waals surface area contributed by atoms with E-state index < -0.39 is 0 Å². The van der Waals surface area contributed by atoms with Crippen molar-refractivity contribution in [1.82, 2.24) is 9.97 Å². The van der Waals surface area contributed by atoms with E-state index in [9.17, 15) is 0 Å². The van der Waals surface area contributed by atoms with Crippen molar-refractivity contribution in [2.24, 2.45) is 0 Å². The molecule has 0 saturated carbocycles. The predicted molar refractivity (Wildman–Crippen MR) is 59.3 cm³/mol. The van der Waals surface area contributed by atoms with Crippen LogP contribution in [0.2, 0.25) is 0 Å².